The smallest absolute Gasteiger partial charge is 0.328 e. The Morgan fingerprint density at radius 2 is 2.32 bits per heavy atom. The lowest BCUT2D eigenvalue weighted by molar-refractivity contribution is -0.144. The van der Waals surface area contributed by atoms with E-state index in [0.29, 0.717) is 13.2 Å². The molecule has 0 saturated carbocycles. The van der Waals surface area contributed by atoms with E-state index < -0.39 is 0 Å². The molecule has 1 aliphatic rings. The zero-order valence-corrected chi connectivity index (χ0v) is 11.5. The van der Waals surface area contributed by atoms with Crippen molar-refractivity contribution in [2.45, 2.75) is 32.7 Å². The van der Waals surface area contributed by atoms with E-state index in [9.17, 15) is 4.79 Å². The predicted molar refractivity (Wildman–Crippen MR) is 72.4 cm³/mol. The Kier molecular flexibility index (Phi) is 4.60. The zero-order chi connectivity index (χ0) is 13.7. The molecule has 0 amide bonds. The van der Waals surface area contributed by atoms with Crippen LogP contribution in [0.15, 0.2) is 18.3 Å². The highest BCUT2D eigenvalue weighted by Crippen LogP contribution is 2.31. The quantitative estimate of drug-likeness (QED) is 0.761. The van der Waals surface area contributed by atoms with E-state index in [-0.39, 0.29) is 12.0 Å². The van der Waals surface area contributed by atoms with Crippen molar-refractivity contribution in [3.8, 4) is 5.75 Å². The van der Waals surface area contributed by atoms with Gasteiger partial charge in [0.25, 0.3) is 0 Å². The van der Waals surface area contributed by atoms with Crippen molar-refractivity contribution in [3.63, 3.8) is 0 Å². The maximum Gasteiger partial charge on any atom is 0.328 e. The van der Waals surface area contributed by atoms with E-state index in [4.69, 9.17) is 9.47 Å². The lowest BCUT2D eigenvalue weighted by atomic mass is 10.2. The highest BCUT2D eigenvalue weighted by atomic mass is 16.5. The first kappa shape index (κ1) is 13.6. The minimum atomic E-state index is -0.242. The van der Waals surface area contributed by atoms with Gasteiger partial charge in [0.2, 0.25) is 0 Å². The first-order valence-corrected chi connectivity index (χ1v) is 6.79. The second-order valence-corrected chi connectivity index (χ2v) is 4.36. The Bertz CT molecular complexity index is 436. The first-order chi connectivity index (χ1) is 9.27. The SMILES string of the molecule is CCOC(=O)C1CCCN1c1ncccc1OCC. The number of rotatable bonds is 5. The van der Waals surface area contributed by atoms with Crippen molar-refractivity contribution in [3.05, 3.63) is 18.3 Å². The van der Waals surface area contributed by atoms with Crippen LogP contribution >= 0.6 is 0 Å². The predicted octanol–water partition coefficient (Wildman–Crippen LogP) is 2.01. The second-order valence-electron chi connectivity index (χ2n) is 4.36. The number of aromatic nitrogens is 1. The minimum absolute atomic E-state index is 0.173. The van der Waals surface area contributed by atoms with E-state index >= 15 is 0 Å². The van der Waals surface area contributed by atoms with Crippen LogP contribution in [0, 0.1) is 0 Å². The van der Waals surface area contributed by atoms with Gasteiger partial charge in [-0.05, 0) is 38.8 Å². The number of esters is 1. The molecular weight excluding hydrogens is 244 g/mol. The number of hydrogen-bond acceptors (Lipinski definition) is 5. The third-order valence-corrected chi connectivity index (χ3v) is 3.13. The molecule has 1 atom stereocenters. The van der Waals surface area contributed by atoms with Gasteiger partial charge in [-0.2, -0.15) is 0 Å². The molecule has 5 heteroatoms. The summed E-state index contributed by atoms with van der Waals surface area (Å²) in [5, 5.41) is 0. The molecule has 1 aromatic heterocycles. The molecule has 19 heavy (non-hydrogen) atoms. The highest BCUT2D eigenvalue weighted by Gasteiger charge is 2.34. The molecular formula is C14H20N2O3. The van der Waals surface area contributed by atoms with Gasteiger partial charge in [0.1, 0.15) is 6.04 Å². The first-order valence-electron chi connectivity index (χ1n) is 6.79. The molecule has 1 aliphatic heterocycles. The fourth-order valence-electron chi connectivity index (χ4n) is 2.37. The van der Waals surface area contributed by atoms with Gasteiger partial charge in [-0.15, -0.1) is 0 Å². The molecule has 0 aliphatic carbocycles. The van der Waals surface area contributed by atoms with Crippen LogP contribution in [0.2, 0.25) is 0 Å². The molecule has 1 saturated heterocycles. The van der Waals surface area contributed by atoms with E-state index in [0.717, 1.165) is 31.0 Å². The molecule has 2 rings (SSSR count). The van der Waals surface area contributed by atoms with Crippen molar-refractivity contribution in [1.82, 2.24) is 4.98 Å². The maximum atomic E-state index is 12.0. The van der Waals surface area contributed by atoms with Crippen LogP contribution in [0.3, 0.4) is 0 Å². The summed E-state index contributed by atoms with van der Waals surface area (Å²) in [6, 6.07) is 3.48. The van der Waals surface area contributed by atoms with Crippen molar-refractivity contribution in [2.75, 3.05) is 24.7 Å². The van der Waals surface area contributed by atoms with Gasteiger partial charge in [0.05, 0.1) is 13.2 Å². The standard InChI is InChI=1S/C14H20N2O3/c1-3-18-12-8-5-9-15-13(12)16-10-6-7-11(16)14(17)19-4-2/h5,8-9,11H,3-4,6-7,10H2,1-2H3. The van der Waals surface area contributed by atoms with Crippen LogP contribution in [0.5, 0.6) is 5.75 Å². The summed E-state index contributed by atoms with van der Waals surface area (Å²) in [5.41, 5.74) is 0. The van der Waals surface area contributed by atoms with Crippen LogP contribution in [-0.2, 0) is 9.53 Å². The van der Waals surface area contributed by atoms with Crippen molar-refractivity contribution in [1.29, 1.82) is 0 Å². The van der Waals surface area contributed by atoms with Gasteiger partial charge in [-0.25, -0.2) is 9.78 Å². The summed E-state index contributed by atoms with van der Waals surface area (Å²) in [7, 11) is 0. The second kappa shape index (κ2) is 6.41. The van der Waals surface area contributed by atoms with E-state index in [1.807, 2.05) is 30.9 Å². The van der Waals surface area contributed by atoms with Gasteiger partial charge in [0.15, 0.2) is 11.6 Å². The minimum Gasteiger partial charge on any atom is -0.490 e. The normalized spacial score (nSPS) is 18.4. The Morgan fingerprint density at radius 1 is 1.47 bits per heavy atom. The Morgan fingerprint density at radius 3 is 3.05 bits per heavy atom. The van der Waals surface area contributed by atoms with Crippen molar-refractivity contribution in [2.24, 2.45) is 0 Å². The van der Waals surface area contributed by atoms with Crippen LogP contribution in [0.4, 0.5) is 5.82 Å². The highest BCUT2D eigenvalue weighted by molar-refractivity contribution is 5.81. The number of nitrogens with zero attached hydrogens (tertiary/aromatic N) is 2. The maximum absolute atomic E-state index is 12.0. The van der Waals surface area contributed by atoms with Crippen LogP contribution in [0.1, 0.15) is 26.7 Å². The van der Waals surface area contributed by atoms with E-state index in [2.05, 4.69) is 4.98 Å². The number of carbonyl (C=O) groups excluding carboxylic acids is 1. The fourth-order valence-corrected chi connectivity index (χ4v) is 2.37. The van der Waals surface area contributed by atoms with Gasteiger partial charge < -0.3 is 14.4 Å². The summed E-state index contributed by atoms with van der Waals surface area (Å²) in [6.07, 6.45) is 3.49. The summed E-state index contributed by atoms with van der Waals surface area (Å²) in [4.78, 5) is 18.3. The van der Waals surface area contributed by atoms with Gasteiger partial charge in [-0.3, -0.25) is 0 Å². The molecule has 0 aromatic carbocycles. The molecule has 0 spiro atoms. The fraction of sp³-hybridized carbons (Fsp3) is 0.571. The lowest BCUT2D eigenvalue weighted by Gasteiger charge is -2.25. The molecule has 0 radical (unpaired) electrons. The largest absolute Gasteiger partial charge is 0.490 e. The number of hydrogen-bond donors (Lipinski definition) is 0. The van der Waals surface area contributed by atoms with Gasteiger partial charge in [-0.1, -0.05) is 0 Å². The molecule has 2 heterocycles. The number of anilines is 1. The molecule has 0 bridgehead atoms. The van der Waals surface area contributed by atoms with Crippen molar-refractivity contribution >= 4 is 11.8 Å². The molecule has 0 N–H and O–H groups in total. The average Bonchev–Trinajstić information content (AvgIpc) is 2.89. The van der Waals surface area contributed by atoms with E-state index in [1.165, 1.54) is 0 Å². The average molecular weight is 264 g/mol. The summed E-state index contributed by atoms with van der Waals surface area (Å²) < 4.78 is 10.7. The molecule has 5 nitrogen and oxygen atoms in total. The monoisotopic (exact) mass is 264 g/mol. The van der Waals surface area contributed by atoms with Gasteiger partial charge in [0, 0.05) is 12.7 Å². The number of carbonyl (C=O) groups is 1. The molecule has 1 fully saturated rings. The van der Waals surface area contributed by atoms with Crippen LogP contribution in [-0.4, -0.2) is 36.8 Å². The summed E-state index contributed by atoms with van der Waals surface area (Å²) in [6.45, 7) is 5.55. The zero-order valence-electron chi connectivity index (χ0n) is 11.5. The Balaban J connectivity index is 2.22. The number of ether oxygens (including phenoxy) is 2. The molecule has 1 aromatic rings. The van der Waals surface area contributed by atoms with Gasteiger partial charge >= 0.3 is 5.97 Å². The summed E-state index contributed by atoms with van der Waals surface area (Å²) in [5.74, 6) is 1.29. The Labute approximate surface area is 113 Å². The molecule has 104 valence electrons. The van der Waals surface area contributed by atoms with Crippen molar-refractivity contribution < 1.29 is 14.3 Å². The lowest BCUT2D eigenvalue weighted by Crippen LogP contribution is -2.38. The molecule has 1 unspecified atom stereocenters. The third kappa shape index (κ3) is 2.97. The third-order valence-electron chi connectivity index (χ3n) is 3.13. The number of pyridine rings is 1. The Hall–Kier alpha value is -1.78. The summed E-state index contributed by atoms with van der Waals surface area (Å²) >= 11 is 0. The van der Waals surface area contributed by atoms with Crippen LogP contribution < -0.4 is 9.64 Å². The van der Waals surface area contributed by atoms with Crippen LogP contribution in [0.25, 0.3) is 0 Å². The topological polar surface area (TPSA) is 51.7 Å². The van der Waals surface area contributed by atoms with E-state index in [1.54, 1.807) is 6.20 Å².